The van der Waals surface area contributed by atoms with E-state index in [4.69, 9.17) is 0 Å². The van der Waals surface area contributed by atoms with Gasteiger partial charge in [-0.05, 0) is 32.7 Å². The van der Waals surface area contributed by atoms with Gasteiger partial charge in [-0.3, -0.25) is 0 Å². The third kappa shape index (κ3) is 3.69. The minimum absolute atomic E-state index is 0.111. The van der Waals surface area contributed by atoms with Gasteiger partial charge in [0.2, 0.25) is 0 Å². The molecule has 114 valence electrons. The number of anilines is 1. The molecule has 1 aromatic rings. The van der Waals surface area contributed by atoms with Gasteiger partial charge in [-0.25, -0.2) is 9.71 Å². The summed E-state index contributed by atoms with van der Waals surface area (Å²) >= 11 is 1.32. The molecule has 1 aliphatic rings. The van der Waals surface area contributed by atoms with E-state index in [1.165, 1.54) is 15.6 Å². The van der Waals surface area contributed by atoms with Gasteiger partial charge < -0.3 is 5.32 Å². The van der Waals surface area contributed by atoms with Crippen LogP contribution in [0.1, 0.15) is 38.4 Å². The molecule has 0 saturated carbocycles. The summed E-state index contributed by atoms with van der Waals surface area (Å²) in [5.41, 5.74) is 0.849. The van der Waals surface area contributed by atoms with Crippen molar-refractivity contribution in [2.24, 2.45) is 5.92 Å². The van der Waals surface area contributed by atoms with Crippen LogP contribution < -0.4 is 10.0 Å². The Morgan fingerprint density at radius 2 is 2.30 bits per heavy atom. The van der Waals surface area contributed by atoms with E-state index in [0.717, 1.165) is 18.5 Å². The Bertz CT molecular complexity index is 543. The summed E-state index contributed by atoms with van der Waals surface area (Å²) in [7, 11) is -1.63. The maximum absolute atomic E-state index is 12.3. The Balaban J connectivity index is 2.06. The highest BCUT2D eigenvalue weighted by Crippen LogP contribution is 2.24. The molecular weight excluding hydrogens is 296 g/mol. The van der Waals surface area contributed by atoms with E-state index in [0.29, 0.717) is 24.1 Å². The number of hydrogen-bond acceptors (Lipinski definition) is 5. The first-order valence-corrected chi connectivity index (χ1v) is 9.15. The highest BCUT2D eigenvalue weighted by molar-refractivity contribution is 7.90. The molecule has 0 radical (unpaired) electrons. The molecule has 2 atom stereocenters. The quantitative estimate of drug-likeness (QED) is 0.868. The smallest absolute Gasteiger partial charge is 0.303 e. The average molecular weight is 318 g/mol. The summed E-state index contributed by atoms with van der Waals surface area (Å²) in [5, 5.41) is 5.39. The first-order valence-electron chi connectivity index (χ1n) is 6.83. The highest BCUT2D eigenvalue weighted by Gasteiger charge is 2.27. The van der Waals surface area contributed by atoms with Crippen molar-refractivity contribution in [3.8, 4) is 0 Å². The second-order valence-electron chi connectivity index (χ2n) is 5.30. The first kappa shape index (κ1) is 15.7. The van der Waals surface area contributed by atoms with Crippen LogP contribution in [-0.2, 0) is 10.2 Å². The van der Waals surface area contributed by atoms with E-state index in [2.05, 4.69) is 21.9 Å². The molecule has 1 aliphatic heterocycles. The number of aromatic nitrogens is 1. The predicted octanol–water partition coefficient (Wildman–Crippen LogP) is 1.81. The van der Waals surface area contributed by atoms with Gasteiger partial charge in [-0.2, -0.15) is 12.7 Å². The lowest BCUT2D eigenvalue weighted by atomic mass is 10.0. The van der Waals surface area contributed by atoms with Crippen LogP contribution in [0.2, 0.25) is 0 Å². The maximum Gasteiger partial charge on any atom is 0.303 e. The van der Waals surface area contributed by atoms with Gasteiger partial charge in [0.15, 0.2) is 5.13 Å². The van der Waals surface area contributed by atoms with Crippen LogP contribution in [-0.4, -0.2) is 37.8 Å². The molecule has 0 aliphatic carbocycles. The summed E-state index contributed by atoms with van der Waals surface area (Å²) in [6.07, 6.45) is 2.01. The van der Waals surface area contributed by atoms with Crippen molar-refractivity contribution in [1.29, 1.82) is 0 Å². The van der Waals surface area contributed by atoms with E-state index in [9.17, 15) is 8.42 Å². The minimum atomic E-state index is -3.48. The molecule has 1 fully saturated rings. The van der Waals surface area contributed by atoms with E-state index in [-0.39, 0.29) is 6.04 Å². The molecule has 20 heavy (non-hydrogen) atoms. The molecule has 2 heterocycles. The van der Waals surface area contributed by atoms with Crippen molar-refractivity contribution < 1.29 is 8.42 Å². The van der Waals surface area contributed by atoms with Crippen molar-refractivity contribution in [2.75, 3.05) is 24.9 Å². The van der Waals surface area contributed by atoms with Gasteiger partial charge in [-0.15, -0.1) is 11.3 Å². The molecule has 6 nitrogen and oxygen atoms in total. The second kappa shape index (κ2) is 6.38. The van der Waals surface area contributed by atoms with Crippen LogP contribution in [0.15, 0.2) is 5.38 Å². The van der Waals surface area contributed by atoms with E-state index in [1.54, 1.807) is 0 Å². The van der Waals surface area contributed by atoms with Crippen LogP contribution in [0.25, 0.3) is 0 Å². The minimum Gasteiger partial charge on any atom is -0.312 e. The Labute approximate surface area is 124 Å². The van der Waals surface area contributed by atoms with Gasteiger partial charge in [0.05, 0.1) is 5.69 Å². The Hall–Kier alpha value is -0.700. The average Bonchev–Trinajstić information content (AvgIpc) is 2.85. The van der Waals surface area contributed by atoms with Crippen LogP contribution >= 0.6 is 11.3 Å². The van der Waals surface area contributed by atoms with Gasteiger partial charge in [-0.1, -0.05) is 6.92 Å². The van der Waals surface area contributed by atoms with Gasteiger partial charge in [0.1, 0.15) is 0 Å². The van der Waals surface area contributed by atoms with Crippen LogP contribution in [0, 0.1) is 5.92 Å². The van der Waals surface area contributed by atoms with Crippen LogP contribution in [0.3, 0.4) is 0 Å². The number of nitrogens with one attached hydrogen (secondary N) is 2. The summed E-state index contributed by atoms with van der Waals surface area (Å²) in [6, 6.07) is 0.111. The number of thiazole rings is 1. The molecule has 2 rings (SSSR count). The van der Waals surface area contributed by atoms with Crippen molar-refractivity contribution in [2.45, 2.75) is 32.7 Å². The maximum atomic E-state index is 12.3. The highest BCUT2D eigenvalue weighted by atomic mass is 32.2. The molecule has 2 N–H and O–H groups in total. The van der Waals surface area contributed by atoms with E-state index >= 15 is 0 Å². The summed E-state index contributed by atoms with van der Waals surface area (Å²) in [4.78, 5) is 4.32. The van der Waals surface area contributed by atoms with Gasteiger partial charge >= 0.3 is 10.2 Å². The third-order valence-corrected chi connectivity index (χ3v) is 5.94. The second-order valence-corrected chi connectivity index (χ2v) is 7.83. The third-order valence-electron chi connectivity index (χ3n) is 3.57. The van der Waals surface area contributed by atoms with Crippen molar-refractivity contribution in [3.05, 3.63) is 11.1 Å². The molecular formula is C12H22N4O2S2. The first-order chi connectivity index (χ1) is 9.42. The topological polar surface area (TPSA) is 74.3 Å². The fraction of sp³-hybridized carbons (Fsp3) is 0.750. The fourth-order valence-corrected chi connectivity index (χ4v) is 4.59. The zero-order chi connectivity index (χ0) is 14.8. The van der Waals surface area contributed by atoms with E-state index in [1.807, 2.05) is 19.4 Å². The number of rotatable bonds is 5. The number of hydrogen-bond donors (Lipinski definition) is 2. The van der Waals surface area contributed by atoms with Gasteiger partial charge in [0.25, 0.3) is 0 Å². The van der Waals surface area contributed by atoms with Crippen molar-refractivity contribution in [1.82, 2.24) is 14.6 Å². The number of piperidine rings is 1. The standard InChI is InChI=1S/C12H22N4O2S2/c1-9-5-4-6-16(7-9)20(17,18)15-12-14-11(8-19-12)10(2)13-3/h8-10,13H,4-7H2,1-3H3,(H,14,15). The lowest BCUT2D eigenvalue weighted by Gasteiger charge is -2.29. The molecule has 0 aromatic carbocycles. The van der Waals surface area contributed by atoms with E-state index < -0.39 is 10.2 Å². The van der Waals surface area contributed by atoms with Crippen molar-refractivity contribution in [3.63, 3.8) is 0 Å². The monoisotopic (exact) mass is 318 g/mol. The zero-order valence-electron chi connectivity index (χ0n) is 12.1. The molecule has 8 heteroatoms. The summed E-state index contributed by atoms with van der Waals surface area (Å²) in [6.45, 7) is 5.24. The Morgan fingerprint density at radius 1 is 1.55 bits per heavy atom. The SMILES string of the molecule is CNC(C)c1csc(NS(=O)(=O)N2CCCC(C)C2)n1. The molecule has 0 bridgehead atoms. The number of nitrogens with zero attached hydrogens (tertiary/aromatic N) is 2. The van der Waals surface area contributed by atoms with Gasteiger partial charge in [0, 0.05) is 24.5 Å². The molecule has 1 saturated heterocycles. The normalized spacial score (nSPS) is 22.6. The molecule has 2 unspecified atom stereocenters. The lowest BCUT2D eigenvalue weighted by Crippen LogP contribution is -2.42. The Morgan fingerprint density at radius 3 is 2.95 bits per heavy atom. The summed E-state index contributed by atoms with van der Waals surface area (Å²) in [5.74, 6) is 0.413. The molecule has 0 amide bonds. The predicted molar refractivity (Wildman–Crippen MR) is 82.1 cm³/mol. The largest absolute Gasteiger partial charge is 0.312 e. The van der Waals surface area contributed by atoms with Crippen molar-refractivity contribution >= 4 is 26.7 Å². The lowest BCUT2D eigenvalue weighted by molar-refractivity contribution is 0.282. The molecule has 1 aromatic heterocycles. The van der Waals surface area contributed by atoms with Crippen LogP contribution in [0.4, 0.5) is 5.13 Å². The van der Waals surface area contributed by atoms with Crippen LogP contribution in [0.5, 0.6) is 0 Å². The summed E-state index contributed by atoms with van der Waals surface area (Å²) < 4.78 is 28.7. The fourth-order valence-electron chi connectivity index (χ4n) is 2.22. The zero-order valence-corrected chi connectivity index (χ0v) is 13.7. The molecule has 0 spiro atoms. The Kier molecular flexibility index (Phi) is 5.00.